The fourth-order valence-corrected chi connectivity index (χ4v) is 8.67. The zero-order valence-electron chi connectivity index (χ0n) is 31.2. The van der Waals surface area contributed by atoms with Crippen molar-refractivity contribution >= 4 is 65.4 Å². The first-order chi connectivity index (χ1) is 28.7. The summed E-state index contributed by atoms with van der Waals surface area (Å²) in [5, 5.41) is 7.77. The molecule has 0 radical (unpaired) electrons. The lowest BCUT2D eigenvalue weighted by molar-refractivity contribution is 0.673. The number of aromatic nitrogens is 4. The summed E-state index contributed by atoms with van der Waals surface area (Å²) in [4.78, 5) is 15.6. The van der Waals surface area contributed by atoms with E-state index in [1.165, 1.54) is 10.8 Å². The first kappa shape index (κ1) is 32.4. The Morgan fingerprint density at radius 2 is 0.914 bits per heavy atom. The van der Waals surface area contributed by atoms with Crippen molar-refractivity contribution in [1.29, 1.82) is 0 Å². The molecule has 0 unspecified atom stereocenters. The summed E-state index contributed by atoms with van der Waals surface area (Å²) in [6.45, 7) is 0. The fourth-order valence-electron chi connectivity index (χ4n) is 8.67. The van der Waals surface area contributed by atoms with E-state index < -0.39 is 0 Å². The van der Waals surface area contributed by atoms with Gasteiger partial charge in [-0.1, -0.05) is 152 Å². The van der Waals surface area contributed by atoms with Crippen LogP contribution < -0.4 is 0 Å². The van der Waals surface area contributed by atoms with Gasteiger partial charge in [0.1, 0.15) is 11.2 Å². The molecule has 58 heavy (non-hydrogen) atoms. The Bertz CT molecular complexity index is 3500. The van der Waals surface area contributed by atoms with E-state index in [-0.39, 0.29) is 0 Å². The average Bonchev–Trinajstić information content (AvgIpc) is 3.85. The third-order valence-electron chi connectivity index (χ3n) is 11.4. The van der Waals surface area contributed by atoms with Crippen molar-refractivity contribution in [3.05, 3.63) is 194 Å². The third-order valence-corrected chi connectivity index (χ3v) is 11.4. The van der Waals surface area contributed by atoms with E-state index >= 15 is 0 Å². The van der Waals surface area contributed by atoms with Crippen molar-refractivity contribution in [2.24, 2.45) is 0 Å². The highest BCUT2D eigenvalue weighted by Crippen LogP contribution is 2.42. The van der Waals surface area contributed by atoms with Crippen molar-refractivity contribution in [1.82, 2.24) is 19.5 Å². The number of nitrogens with zero attached hydrogens (tertiary/aromatic N) is 4. The van der Waals surface area contributed by atoms with Crippen LogP contribution in [-0.4, -0.2) is 19.5 Å². The van der Waals surface area contributed by atoms with Gasteiger partial charge in [-0.25, -0.2) is 15.0 Å². The van der Waals surface area contributed by atoms with Gasteiger partial charge in [-0.05, 0) is 53.6 Å². The van der Waals surface area contributed by atoms with Crippen LogP contribution in [-0.2, 0) is 0 Å². The second-order valence-electron chi connectivity index (χ2n) is 14.8. The Labute approximate surface area is 333 Å². The lowest BCUT2D eigenvalue weighted by Crippen LogP contribution is -2.03. The molecule has 12 aromatic rings. The van der Waals surface area contributed by atoms with Crippen LogP contribution in [0.4, 0.5) is 0 Å². The topological polar surface area (TPSA) is 56.7 Å². The summed E-state index contributed by atoms with van der Waals surface area (Å²) in [5.41, 5.74) is 12.9. The monoisotopic (exact) mass is 740 g/mol. The van der Waals surface area contributed by atoms with Gasteiger partial charge in [-0.2, -0.15) is 0 Å². The first-order valence-electron chi connectivity index (χ1n) is 19.5. The highest BCUT2D eigenvalue weighted by molar-refractivity contribution is 6.25. The van der Waals surface area contributed by atoms with E-state index in [1.807, 2.05) is 18.2 Å². The molecule has 5 heteroatoms. The molecular formula is C53H32N4O. The van der Waals surface area contributed by atoms with Crippen LogP contribution in [0, 0.1) is 0 Å². The largest absolute Gasteiger partial charge is 0.455 e. The predicted octanol–water partition coefficient (Wildman–Crippen LogP) is 13.8. The zero-order valence-corrected chi connectivity index (χ0v) is 31.2. The predicted molar refractivity (Wildman–Crippen MR) is 238 cm³/mol. The quantitative estimate of drug-likeness (QED) is 0.165. The number of hydrogen-bond donors (Lipinski definition) is 0. The maximum absolute atomic E-state index is 6.73. The van der Waals surface area contributed by atoms with Gasteiger partial charge in [0.2, 0.25) is 5.95 Å². The molecule has 0 N–H and O–H groups in total. The molecular weight excluding hydrogens is 709 g/mol. The molecule has 0 aliphatic carbocycles. The van der Waals surface area contributed by atoms with Crippen LogP contribution in [0.15, 0.2) is 199 Å². The van der Waals surface area contributed by atoms with E-state index in [4.69, 9.17) is 19.4 Å². The normalized spacial score (nSPS) is 11.8. The number of hydrogen-bond acceptors (Lipinski definition) is 4. The highest BCUT2D eigenvalue weighted by atomic mass is 16.3. The minimum Gasteiger partial charge on any atom is -0.455 e. The summed E-state index contributed by atoms with van der Waals surface area (Å²) in [6, 6.07) is 67.7. The van der Waals surface area contributed by atoms with E-state index in [2.05, 4.69) is 180 Å². The molecule has 0 spiro atoms. The van der Waals surface area contributed by atoms with Gasteiger partial charge < -0.3 is 4.42 Å². The standard InChI is InChI=1S/C53H32N4O/c1-3-13-34(14-4-1)45-32-46(56-53(55-45)57-47-21-11-8-17-38(47)39-18-9-12-22-48(39)57)35-25-23-33(24-26-35)37-27-30-49-43(31-37)40-28-29-42-50(52(40)58-49)41-19-7-10-20-44(41)54-51(42)36-15-5-2-6-16-36/h1-32H. The van der Waals surface area contributed by atoms with Crippen LogP contribution in [0.2, 0.25) is 0 Å². The zero-order chi connectivity index (χ0) is 38.2. The minimum absolute atomic E-state index is 0.641. The Kier molecular flexibility index (Phi) is 7.16. The molecule has 8 aromatic carbocycles. The van der Waals surface area contributed by atoms with Gasteiger partial charge in [0.25, 0.3) is 0 Å². The van der Waals surface area contributed by atoms with Crippen molar-refractivity contribution < 1.29 is 4.42 Å². The molecule has 0 saturated carbocycles. The average molecular weight is 741 g/mol. The van der Waals surface area contributed by atoms with Gasteiger partial charge in [-0.3, -0.25) is 4.57 Å². The number of para-hydroxylation sites is 3. The fraction of sp³-hybridized carbons (Fsp3) is 0. The number of benzene rings is 8. The molecule has 0 atom stereocenters. The molecule has 0 aliphatic heterocycles. The Balaban J connectivity index is 0.981. The molecule has 12 rings (SSSR count). The summed E-state index contributed by atoms with van der Waals surface area (Å²) in [5.74, 6) is 0.641. The van der Waals surface area contributed by atoms with Crippen molar-refractivity contribution in [2.75, 3.05) is 0 Å². The van der Waals surface area contributed by atoms with Crippen molar-refractivity contribution in [2.45, 2.75) is 0 Å². The molecule has 5 nitrogen and oxygen atoms in total. The smallest absolute Gasteiger partial charge is 0.235 e. The second kappa shape index (κ2) is 12.8. The maximum atomic E-state index is 6.73. The molecule has 4 heterocycles. The number of fused-ring (bicyclic) bond motifs is 10. The summed E-state index contributed by atoms with van der Waals surface area (Å²) >= 11 is 0. The lowest BCUT2D eigenvalue weighted by Gasteiger charge is -2.12. The minimum atomic E-state index is 0.641. The molecule has 0 aliphatic rings. The number of rotatable bonds is 5. The van der Waals surface area contributed by atoms with Gasteiger partial charge >= 0.3 is 0 Å². The van der Waals surface area contributed by atoms with Crippen LogP contribution >= 0.6 is 0 Å². The van der Waals surface area contributed by atoms with Crippen LogP contribution in [0.5, 0.6) is 0 Å². The summed E-state index contributed by atoms with van der Waals surface area (Å²) < 4.78 is 8.92. The Hall–Kier alpha value is -7.89. The first-order valence-corrected chi connectivity index (χ1v) is 19.5. The van der Waals surface area contributed by atoms with E-state index in [1.54, 1.807) is 0 Å². The second-order valence-corrected chi connectivity index (χ2v) is 14.8. The third kappa shape index (κ3) is 5.07. The van der Waals surface area contributed by atoms with E-state index in [0.717, 1.165) is 99.5 Å². The summed E-state index contributed by atoms with van der Waals surface area (Å²) in [6.07, 6.45) is 0. The van der Waals surface area contributed by atoms with Gasteiger partial charge in [-0.15, -0.1) is 0 Å². The Morgan fingerprint density at radius 3 is 1.62 bits per heavy atom. The summed E-state index contributed by atoms with van der Waals surface area (Å²) in [7, 11) is 0. The Morgan fingerprint density at radius 1 is 0.362 bits per heavy atom. The molecule has 0 saturated heterocycles. The van der Waals surface area contributed by atoms with Crippen molar-refractivity contribution in [3.63, 3.8) is 0 Å². The van der Waals surface area contributed by atoms with Crippen LogP contribution in [0.3, 0.4) is 0 Å². The van der Waals surface area contributed by atoms with Crippen LogP contribution in [0.25, 0.3) is 116 Å². The van der Waals surface area contributed by atoms with Gasteiger partial charge in [0.15, 0.2) is 0 Å². The molecule has 270 valence electrons. The van der Waals surface area contributed by atoms with E-state index in [0.29, 0.717) is 5.95 Å². The van der Waals surface area contributed by atoms with Crippen LogP contribution in [0.1, 0.15) is 0 Å². The van der Waals surface area contributed by atoms with Crippen molar-refractivity contribution in [3.8, 4) is 50.8 Å². The molecule has 4 aromatic heterocycles. The lowest BCUT2D eigenvalue weighted by atomic mass is 9.97. The highest BCUT2D eigenvalue weighted by Gasteiger charge is 2.19. The maximum Gasteiger partial charge on any atom is 0.235 e. The number of furan rings is 1. The molecule has 0 fully saturated rings. The number of pyridine rings is 1. The van der Waals surface area contributed by atoms with Gasteiger partial charge in [0.05, 0.1) is 33.6 Å². The van der Waals surface area contributed by atoms with E-state index in [9.17, 15) is 0 Å². The SMILES string of the molecule is c1ccc(-c2cc(-c3ccc(-c4ccc5oc6c(ccc7c(-c8ccccc8)nc8ccccc8c76)c5c4)cc3)nc(-n3c4ccccc4c4ccccc43)n2)cc1. The van der Waals surface area contributed by atoms with Gasteiger partial charge in [0, 0.05) is 54.4 Å². The molecule has 0 bridgehead atoms. The molecule has 0 amide bonds.